The zero-order valence-corrected chi connectivity index (χ0v) is 24.9. The van der Waals surface area contributed by atoms with Crippen LogP contribution in [0.4, 0.5) is 8.78 Å². The fourth-order valence-electron chi connectivity index (χ4n) is 4.56. The molecule has 2 heterocycles. The molecule has 0 aliphatic rings. The molecule has 3 unspecified atom stereocenters. The molecule has 12 nitrogen and oxygen atoms in total. The average Bonchev–Trinajstić information content (AvgIpc) is 3.66. The highest BCUT2D eigenvalue weighted by Crippen LogP contribution is 2.39. The molecule has 0 aliphatic heterocycles. The predicted molar refractivity (Wildman–Crippen MR) is 150 cm³/mol. The van der Waals surface area contributed by atoms with Gasteiger partial charge in [0, 0.05) is 17.5 Å². The molecular weight excluding hydrogens is 571 g/mol. The number of benzene rings is 1. The molecule has 42 heavy (non-hydrogen) atoms. The Labute approximate surface area is 244 Å². The molecule has 1 aromatic carbocycles. The van der Waals surface area contributed by atoms with Crippen LogP contribution in [0.2, 0.25) is 0 Å². The number of nitrogens with one attached hydrogen (secondary N) is 1. The molecule has 0 aliphatic carbocycles. The number of hydrogen-bond donors (Lipinski definition) is 2. The van der Waals surface area contributed by atoms with Crippen molar-refractivity contribution in [1.29, 1.82) is 0 Å². The first-order valence-corrected chi connectivity index (χ1v) is 15.7. The zero-order chi connectivity index (χ0) is 30.4. The number of carbonyl (C=O) groups is 1. The number of carbonyl (C=O) groups excluding carboxylic acids is 1. The first kappa shape index (κ1) is 33.6. The number of hydrogen-bond acceptors (Lipinski definition) is 8. The molecule has 232 valence electrons. The SMILES string of the molecule is CCCCCCCCCOP(=O)(O)NC(C=O)C(C)COC(Cn1cncn1)(Cn1cncn1)c1ccc(F)cc1F. The number of unbranched alkanes of at least 4 members (excludes halogenated alkanes) is 6. The second-order valence-electron chi connectivity index (χ2n) is 10.4. The van der Waals surface area contributed by atoms with Crippen molar-refractivity contribution in [2.45, 2.75) is 83.5 Å². The summed E-state index contributed by atoms with van der Waals surface area (Å²) in [5.41, 5.74) is -1.50. The van der Waals surface area contributed by atoms with E-state index in [4.69, 9.17) is 9.26 Å². The van der Waals surface area contributed by atoms with E-state index >= 15 is 4.39 Å². The third-order valence-corrected chi connectivity index (χ3v) is 8.06. The van der Waals surface area contributed by atoms with Gasteiger partial charge in [0.1, 0.15) is 48.8 Å². The molecule has 0 saturated heterocycles. The van der Waals surface area contributed by atoms with E-state index in [1.54, 1.807) is 6.92 Å². The summed E-state index contributed by atoms with van der Waals surface area (Å²) in [6, 6.07) is 2.02. The maximum atomic E-state index is 15.3. The maximum absolute atomic E-state index is 15.3. The number of nitrogens with zero attached hydrogens (tertiary/aromatic N) is 6. The summed E-state index contributed by atoms with van der Waals surface area (Å²) in [5.74, 6) is -2.29. The van der Waals surface area contributed by atoms with Crippen LogP contribution in [0, 0.1) is 17.6 Å². The van der Waals surface area contributed by atoms with Crippen molar-refractivity contribution < 1.29 is 32.3 Å². The maximum Gasteiger partial charge on any atom is 0.403 e. The largest absolute Gasteiger partial charge is 0.403 e. The van der Waals surface area contributed by atoms with Gasteiger partial charge in [0.2, 0.25) is 0 Å². The van der Waals surface area contributed by atoms with Gasteiger partial charge in [-0.1, -0.05) is 58.4 Å². The Balaban J connectivity index is 1.71. The van der Waals surface area contributed by atoms with E-state index in [2.05, 4.69) is 32.2 Å². The molecule has 2 N–H and O–H groups in total. The molecule has 0 amide bonds. The Morgan fingerprint density at radius 3 is 2.21 bits per heavy atom. The molecule has 0 fully saturated rings. The van der Waals surface area contributed by atoms with E-state index in [1.807, 2.05) is 0 Å². The molecule has 0 spiro atoms. The Morgan fingerprint density at radius 1 is 1.05 bits per heavy atom. The summed E-state index contributed by atoms with van der Waals surface area (Å²) in [6.45, 7) is 3.59. The van der Waals surface area contributed by atoms with Crippen molar-refractivity contribution in [2.24, 2.45) is 5.92 Å². The Bertz CT molecular complexity index is 1210. The summed E-state index contributed by atoms with van der Waals surface area (Å²) in [5, 5.41) is 10.6. The van der Waals surface area contributed by atoms with Crippen LogP contribution in [0.5, 0.6) is 0 Å². The van der Waals surface area contributed by atoms with Gasteiger partial charge in [-0.15, -0.1) is 0 Å². The molecule has 0 radical (unpaired) electrons. The first-order chi connectivity index (χ1) is 20.2. The van der Waals surface area contributed by atoms with Crippen LogP contribution in [-0.2, 0) is 37.3 Å². The van der Waals surface area contributed by atoms with Crippen LogP contribution in [0.25, 0.3) is 0 Å². The second kappa shape index (κ2) is 16.7. The minimum Gasteiger partial charge on any atom is -0.366 e. The third-order valence-electron chi connectivity index (χ3n) is 6.90. The summed E-state index contributed by atoms with van der Waals surface area (Å²) >= 11 is 0. The lowest BCUT2D eigenvalue weighted by molar-refractivity contribution is -0.115. The minimum absolute atomic E-state index is 0.0172. The smallest absolute Gasteiger partial charge is 0.366 e. The van der Waals surface area contributed by atoms with Gasteiger partial charge < -0.3 is 14.4 Å². The van der Waals surface area contributed by atoms with Gasteiger partial charge in [0.05, 0.1) is 32.3 Å². The fraction of sp³-hybridized carbons (Fsp3) is 0.593. The summed E-state index contributed by atoms with van der Waals surface area (Å²) in [4.78, 5) is 30.2. The van der Waals surface area contributed by atoms with Crippen LogP contribution in [0.15, 0.2) is 43.5 Å². The van der Waals surface area contributed by atoms with Gasteiger partial charge in [-0.25, -0.2) is 37.8 Å². The topological polar surface area (TPSA) is 146 Å². The summed E-state index contributed by atoms with van der Waals surface area (Å²) < 4.78 is 56.2. The van der Waals surface area contributed by atoms with Crippen LogP contribution >= 0.6 is 7.75 Å². The third kappa shape index (κ3) is 10.4. The lowest BCUT2D eigenvalue weighted by atomic mass is 9.91. The second-order valence-corrected chi connectivity index (χ2v) is 11.9. The van der Waals surface area contributed by atoms with E-state index in [0.717, 1.165) is 37.8 Å². The lowest BCUT2D eigenvalue weighted by Crippen LogP contribution is -2.44. The van der Waals surface area contributed by atoms with Gasteiger partial charge in [0.25, 0.3) is 0 Å². The first-order valence-electron chi connectivity index (χ1n) is 14.1. The summed E-state index contributed by atoms with van der Waals surface area (Å²) in [7, 11) is -4.30. The van der Waals surface area contributed by atoms with E-state index in [0.29, 0.717) is 12.7 Å². The highest BCUT2D eigenvalue weighted by molar-refractivity contribution is 7.50. The number of aldehydes is 1. The Kier molecular flexibility index (Phi) is 13.3. The van der Waals surface area contributed by atoms with Crippen molar-refractivity contribution in [1.82, 2.24) is 34.6 Å². The quantitative estimate of drug-likeness (QED) is 0.101. The van der Waals surface area contributed by atoms with Gasteiger partial charge >= 0.3 is 7.75 Å². The Hall–Kier alpha value is -2.90. The molecule has 15 heteroatoms. The monoisotopic (exact) mass is 611 g/mol. The molecule has 0 bridgehead atoms. The van der Waals surface area contributed by atoms with E-state index in [1.165, 1.54) is 53.6 Å². The predicted octanol–water partition coefficient (Wildman–Crippen LogP) is 4.42. The average molecular weight is 612 g/mol. The highest BCUT2D eigenvalue weighted by Gasteiger charge is 2.39. The van der Waals surface area contributed by atoms with Gasteiger partial charge in [-0.2, -0.15) is 10.2 Å². The van der Waals surface area contributed by atoms with Crippen molar-refractivity contribution in [3.8, 4) is 0 Å². The molecule has 0 saturated carbocycles. The normalized spacial score (nSPS) is 14.9. The Morgan fingerprint density at radius 2 is 1.67 bits per heavy atom. The van der Waals surface area contributed by atoms with Crippen LogP contribution in [-0.4, -0.2) is 60.0 Å². The number of halogens is 2. The van der Waals surface area contributed by atoms with E-state index in [-0.39, 0.29) is 31.9 Å². The molecule has 3 aromatic rings. The number of aromatic nitrogens is 6. The summed E-state index contributed by atoms with van der Waals surface area (Å²) in [6.07, 6.45) is 13.1. The molecule has 3 atom stereocenters. The van der Waals surface area contributed by atoms with Gasteiger partial charge in [-0.3, -0.25) is 4.52 Å². The van der Waals surface area contributed by atoms with Crippen LogP contribution in [0.1, 0.15) is 64.4 Å². The van der Waals surface area contributed by atoms with Gasteiger partial charge in [0.15, 0.2) is 0 Å². The molecule has 2 aromatic heterocycles. The molecule has 3 rings (SSSR count). The lowest BCUT2D eigenvalue weighted by Gasteiger charge is -2.36. The van der Waals surface area contributed by atoms with Crippen molar-refractivity contribution in [3.05, 3.63) is 60.7 Å². The van der Waals surface area contributed by atoms with Crippen LogP contribution in [0.3, 0.4) is 0 Å². The highest BCUT2D eigenvalue weighted by atomic mass is 31.2. The number of rotatable bonds is 21. The van der Waals surface area contributed by atoms with Crippen LogP contribution < -0.4 is 5.09 Å². The van der Waals surface area contributed by atoms with Gasteiger partial charge in [-0.05, 0) is 12.5 Å². The minimum atomic E-state index is -4.30. The van der Waals surface area contributed by atoms with E-state index in [9.17, 15) is 18.6 Å². The molecular formula is C27H40F2N7O5P. The van der Waals surface area contributed by atoms with Crippen molar-refractivity contribution in [3.63, 3.8) is 0 Å². The van der Waals surface area contributed by atoms with Crippen molar-refractivity contribution >= 4 is 14.0 Å². The fourth-order valence-corrected chi connectivity index (χ4v) is 5.70. The van der Waals surface area contributed by atoms with E-state index < -0.39 is 36.9 Å². The standard InChI is InChI=1S/C27H40F2N7O5P/c1-3-4-5-6-7-8-9-12-41-42(38,39)34-26(14-37)22(2)15-40-27(16-35-20-30-18-32-35,17-36-21-31-19-33-36)24-11-10-23(28)13-25(24)29/h10-11,13-14,18-22,26H,3-9,12,15-17H2,1-2H3,(H2,34,38,39). The zero-order valence-electron chi connectivity index (χ0n) is 24.0. The number of ether oxygens (including phenoxy) is 1. The van der Waals surface area contributed by atoms with Crippen molar-refractivity contribution in [2.75, 3.05) is 13.2 Å².